The number of aromatic nitrogens is 4. The number of fused-ring (bicyclic) bond motifs is 2. The standard InChI is InChI=1S/C30H25N5O.C2HF3O2/c1-34-26-13-7-5-11-24(26)32-28(34)19-31-30(36)23-17-15-22(16-18-23)29-33-25-12-6-8-14-27(25)35(29)20-21-9-3-2-4-10-21;3-2(4,5)1(6)7/h2-18H,19-20H2,1H3,(H,31,36);(H,6,7). The molecule has 6 rings (SSSR count). The molecule has 8 nitrogen and oxygen atoms in total. The number of halogens is 3. The van der Waals surface area contributed by atoms with Crippen molar-refractivity contribution < 1.29 is 27.9 Å². The van der Waals surface area contributed by atoms with Gasteiger partial charge in [0.1, 0.15) is 11.6 Å². The second-order valence-electron chi connectivity index (χ2n) is 9.63. The minimum absolute atomic E-state index is 0.133. The summed E-state index contributed by atoms with van der Waals surface area (Å²) >= 11 is 0. The van der Waals surface area contributed by atoms with Gasteiger partial charge in [-0.15, -0.1) is 0 Å². The number of para-hydroxylation sites is 4. The molecule has 0 unspecified atom stereocenters. The summed E-state index contributed by atoms with van der Waals surface area (Å²) in [6.45, 7) is 1.08. The SMILES string of the molecule is Cn1c(CNC(=O)c2ccc(-c3nc4ccccc4n3Cc3ccccc3)cc2)nc2ccccc21.O=C(O)C(F)(F)F. The third-order valence-electron chi connectivity index (χ3n) is 6.77. The molecule has 0 saturated heterocycles. The van der Waals surface area contributed by atoms with E-state index in [1.165, 1.54) is 5.56 Å². The minimum Gasteiger partial charge on any atom is -0.475 e. The molecule has 218 valence electrons. The van der Waals surface area contributed by atoms with Crippen molar-refractivity contribution in [1.29, 1.82) is 0 Å². The van der Waals surface area contributed by atoms with Crippen LogP contribution in [0.2, 0.25) is 0 Å². The number of aliphatic carboxylic acids is 1. The van der Waals surface area contributed by atoms with E-state index in [1.807, 2.05) is 84.4 Å². The summed E-state index contributed by atoms with van der Waals surface area (Å²) in [7, 11) is 1.97. The minimum atomic E-state index is -5.08. The van der Waals surface area contributed by atoms with Crippen LogP contribution >= 0.6 is 0 Å². The number of carbonyl (C=O) groups is 2. The van der Waals surface area contributed by atoms with Gasteiger partial charge in [-0.3, -0.25) is 4.79 Å². The largest absolute Gasteiger partial charge is 0.490 e. The molecular formula is C32H26F3N5O3. The van der Waals surface area contributed by atoms with Crippen molar-refractivity contribution in [2.75, 3.05) is 0 Å². The number of amides is 1. The number of rotatable bonds is 6. The number of hydrogen-bond donors (Lipinski definition) is 2. The topological polar surface area (TPSA) is 102 Å². The van der Waals surface area contributed by atoms with Crippen LogP contribution in [0.1, 0.15) is 21.7 Å². The lowest BCUT2D eigenvalue weighted by atomic mass is 10.1. The summed E-state index contributed by atoms with van der Waals surface area (Å²) < 4.78 is 36.0. The van der Waals surface area contributed by atoms with E-state index in [9.17, 15) is 18.0 Å². The Morgan fingerprint density at radius 1 is 0.791 bits per heavy atom. The molecule has 1 amide bonds. The molecule has 0 bridgehead atoms. The van der Waals surface area contributed by atoms with Gasteiger partial charge in [-0.2, -0.15) is 13.2 Å². The summed E-state index contributed by atoms with van der Waals surface area (Å²) in [5.41, 5.74) is 6.78. The molecule has 2 N–H and O–H groups in total. The lowest BCUT2D eigenvalue weighted by Crippen LogP contribution is -2.24. The zero-order valence-corrected chi connectivity index (χ0v) is 22.9. The van der Waals surface area contributed by atoms with Crippen LogP contribution in [0.15, 0.2) is 103 Å². The summed E-state index contributed by atoms with van der Waals surface area (Å²) in [6, 6.07) is 34.1. The zero-order valence-electron chi connectivity index (χ0n) is 22.9. The molecule has 43 heavy (non-hydrogen) atoms. The molecule has 0 saturated carbocycles. The van der Waals surface area contributed by atoms with Crippen LogP contribution in [-0.4, -0.2) is 42.3 Å². The molecule has 0 spiro atoms. The molecular weight excluding hydrogens is 559 g/mol. The zero-order chi connectivity index (χ0) is 30.6. The number of imidazole rings is 2. The Morgan fingerprint density at radius 2 is 1.35 bits per heavy atom. The summed E-state index contributed by atoms with van der Waals surface area (Å²) in [5, 5.41) is 10.1. The Hall–Kier alpha value is -5.45. The monoisotopic (exact) mass is 585 g/mol. The number of benzene rings is 4. The van der Waals surface area contributed by atoms with Gasteiger partial charge in [-0.05, 0) is 42.0 Å². The number of nitrogens with zero attached hydrogens (tertiary/aromatic N) is 4. The third-order valence-corrected chi connectivity index (χ3v) is 6.77. The van der Waals surface area contributed by atoms with Crippen molar-refractivity contribution in [3.05, 3.63) is 120 Å². The van der Waals surface area contributed by atoms with Gasteiger partial charge < -0.3 is 19.6 Å². The second kappa shape index (κ2) is 12.2. The fourth-order valence-corrected chi connectivity index (χ4v) is 4.61. The van der Waals surface area contributed by atoms with Crippen molar-refractivity contribution in [3.63, 3.8) is 0 Å². The van der Waals surface area contributed by atoms with E-state index in [1.54, 1.807) is 0 Å². The first-order valence-corrected chi connectivity index (χ1v) is 13.2. The molecule has 4 aromatic carbocycles. The van der Waals surface area contributed by atoms with Crippen LogP contribution in [0.5, 0.6) is 0 Å². The van der Waals surface area contributed by atoms with Gasteiger partial charge in [0.15, 0.2) is 0 Å². The van der Waals surface area contributed by atoms with Crippen molar-refractivity contribution in [2.45, 2.75) is 19.3 Å². The highest BCUT2D eigenvalue weighted by atomic mass is 19.4. The van der Waals surface area contributed by atoms with Crippen molar-refractivity contribution in [2.24, 2.45) is 7.05 Å². The first kappa shape index (κ1) is 29.1. The smallest absolute Gasteiger partial charge is 0.475 e. The van der Waals surface area contributed by atoms with Gasteiger partial charge in [0.25, 0.3) is 5.91 Å². The van der Waals surface area contributed by atoms with E-state index in [0.29, 0.717) is 12.1 Å². The fourth-order valence-electron chi connectivity index (χ4n) is 4.61. The number of aryl methyl sites for hydroxylation is 1. The predicted octanol–water partition coefficient (Wildman–Crippen LogP) is 6.20. The van der Waals surface area contributed by atoms with Gasteiger partial charge in [0.2, 0.25) is 0 Å². The predicted molar refractivity (Wildman–Crippen MR) is 156 cm³/mol. The Morgan fingerprint density at radius 3 is 1.95 bits per heavy atom. The number of carbonyl (C=O) groups excluding carboxylic acids is 1. The van der Waals surface area contributed by atoms with Crippen LogP contribution < -0.4 is 5.32 Å². The molecule has 0 aliphatic heterocycles. The second-order valence-corrected chi connectivity index (χ2v) is 9.63. The number of carboxylic acid groups (broad SMARTS) is 1. The van der Waals surface area contributed by atoms with Crippen molar-refractivity contribution in [3.8, 4) is 11.4 Å². The molecule has 0 fully saturated rings. The molecule has 6 aromatic rings. The molecule has 0 aliphatic carbocycles. The quantitative estimate of drug-likeness (QED) is 0.242. The number of hydrogen-bond acceptors (Lipinski definition) is 4. The maximum absolute atomic E-state index is 12.9. The van der Waals surface area contributed by atoms with Gasteiger partial charge in [0.05, 0.1) is 28.6 Å². The lowest BCUT2D eigenvalue weighted by Gasteiger charge is -2.10. The molecule has 2 aromatic heterocycles. The van der Waals surface area contributed by atoms with Gasteiger partial charge in [-0.25, -0.2) is 14.8 Å². The average molecular weight is 586 g/mol. The lowest BCUT2D eigenvalue weighted by molar-refractivity contribution is -0.192. The highest BCUT2D eigenvalue weighted by Gasteiger charge is 2.38. The van der Waals surface area contributed by atoms with E-state index in [4.69, 9.17) is 14.9 Å². The number of carboxylic acids is 1. The van der Waals surface area contributed by atoms with Crippen LogP contribution in [0, 0.1) is 0 Å². The molecule has 0 atom stereocenters. The normalized spacial score (nSPS) is 11.3. The molecule has 0 aliphatic rings. The highest BCUT2D eigenvalue weighted by molar-refractivity contribution is 5.94. The molecule has 0 radical (unpaired) electrons. The summed E-state index contributed by atoms with van der Waals surface area (Å²) in [4.78, 5) is 31.3. The molecule has 11 heteroatoms. The Bertz CT molecular complexity index is 1900. The van der Waals surface area contributed by atoms with Gasteiger partial charge >= 0.3 is 12.1 Å². The maximum Gasteiger partial charge on any atom is 0.490 e. The highest BCUT2D eigenvalue weighted by Crippen LogP contribution is 2.26. The van der Waals surface area contributed by atoms with E-state index in [-0.39, 0.29) is 5.91 Å². The van der Waals surface area contributed by atoms with Crippen molar-refractivity contribution >= 4 is 33.9 Å². The summed E-state index contributed by atoms with van der Waals surface area (Å²) in [5.74, 6) is -1.19. The average Bonchev–Trinajstić information content (AvgIpc) is 3.53. The van der Waals surface area contributed by atoms with Crippen LogP contribution in [-0.2, 0) is 24.9 Å². The molecule has 2 heterocycles. The van der Waals surface area contributed by atoms with Crippen molar-refractivity contribution in [1.82, 2.24) is 24.4 Å². The van der Waals surface area contributed by atoms with Crippen LogP contribution in [0.3, 0.4) is 0 Å². The number of nitrogens with one attached hydrogen (secondary N) is 1. The third kappa shape index (κ3) is 6.56. The van der Waals surface area contributed by atoms with E-state index < -0.39 is 12.1 Å². The Kier molecular flexibility index (Phi) is 8.24. The van der Waals surface area contributed by atoms with Gasteiger partial charge in [0, 0.05) is 24.7 Å². The van der Waals surface area contributed by atoms with Gasteiger partial charge in [-0.1, -0.05) is 66.7 Å². The first-order valence-electron chi connectivity index (χ1n) is 13.2. The van der Waals surface area contributed by atoms with Crippen LogP contribution in [0.25, 0.3) is 33.5 Å². The Balaban J connectivity index is 0.000000472. The van der Waals surface area contributed by atoms with Crippen LogP contribution in [0.4, 0.5) is 13.2 Å². The van der Waals surface area contributed by atoms with E-state index in [2.05, 4.69) is 45.2 Å². The summed E-state index contributed by atoms with van der Waals surface area (Å²) in [6.07, 6.45) is -5.08. The fraction of sp³-hybridized carbons (Fsp3) is 0.125. The number of alkyl halides is 3. The Labute approximate surface area is 244 Å². The van der Waals surface area contributed by atoms with E-state index in [0.717, 1.165) is 45.8 Å². The first-order chi connectivity index (χ1) is 20.6. The van der Waals surface area contributed by atoms with E-state index >= 15 is 0 Å². The maximum atomic E-state index is 12.9.